The van der Waals surface area contributed by atoms with Gasteiger partial charge in [0.1, 0.15) is 12.4 Å². The van der Waals surface area contributed by atoms with Crippen molar-refractivity contribution in [3.8, 4) is 5.75 Å². The van der Waals surface area contributed by atoms with E-state index in [4.69, 9.17) is 19.8 Å². The van der Waals surface area contributed by atoms with Gasteiger partial charge < -0.3 is 19.8 Å². The average Bonchev–Trinajstić information content (AvgIpc) is 3.11. The van der Waals surface area contributed by atoms with Gasteiger partial charge in [-0.05, 0) is 66.7 Å². The number of rotatable bonds is 6. The fraction of sp³-hybridized carbons (Fsp3) is 0.520. The second kappa shape index (κ2) is 8.44. The Morgan fingerprint density at radius 3 is 2.42 bits per heavy atom. The van der Waals surface area contributed by atoms with E-state index in [9.17, 15) is 0 Å². The van der Waals surface area contributed by atoms with Gasteiger partial charge in [-0.25, -0.2) is 0 Å². The lowest BCUT2D eigenvalue weighted by molar-refractivity contribution is -0.199. The molecule has 2 aromatic carbocycles. The van der Waals surface area contributed by atoms with Crippen LogP contribution in [0.15, 0.2) is 54.6 Å². The molecule has 166 valence electrons. The first kappa shape index (κ1) is 22.7. The second-order valence-electron chi connectivity index (χ2n) is 10.1. The Morgan fingerprint density at radius 2 is 1.74 bits per heavy atom. The highest BCUT2D eigenvalue weighted by Crippen LogP contribution is 2.65. The van der Waals surface area contributed by atoms with Gasteiger partial charge in [0.05, 0.1) is 11.7 Å². The SMILES string of the molecule is CC1(C)[C@@H]2C[C@H]3OB([C@@H](N)Cc4ccc(OCc5ccccc5)cc4)O[C@@]3(C)[C@H]1C2.Cl. The van der Waals surface area contributed by atoms with Crippen LogP contribution in [0.2, 0.25) is 0 Å². The predicted molar refractivity (Wildman–Crippen MR) is 126 cm³/mol. The Bertz CT molecular complexity index is 893. The summed E-state index contributed by atoms with van der Waals surface area (Å²) in [5.41, 5.74) is 9.03. The highest BCUT2D eigenvalue weighted by molar-refractivity contribution is 6.47. The molecule has 5 atom stereocenters. The fourth-order valence-electron chi connectivity index (χ4n) is 5.91. The molecule has 4 nitrogen and oxygen atoms in total. The molecule has 1 heterocycles. The summed E-state index contributed by atoms with van der Waals surface area (Å²) in [6.07, 6.45) is 3.26. The molecule has 0 amide bonds. The van der Waals surface area contributed by atoms with Crippen LogP contribution in [0.5, 0.6) is 5.75 Å². The van der Waals surface area contributed by atoms with E-state index in [0.29, 0.717) is 17.9 Å². The maximum absolute atomic E-state index is 6.54. The maximum atomic E-state index is 6.54. The molecule has 4 fully saturated rings. The van der Waals surface area contributed by atoms with Gasteiger partial charge in [0.15, 0.2) is 0 Å². The lowest BCUT2D eigenvalue weighted by atomic mass is 9.43. The van der Waals surface area contributed by atoms with Gasteiger partial charge >= 0.3 is 7.12 Å². The van der Waals surface area contributed by atoms with E-state index in [1.807, 2.05) is 30.3 Å². The minimum Gasteiger partial charge on any atom is -0.489 e. The molecule has 1 aliphatic heterocycles. The van der Waals surface area contributed by atoms with Gasteiger partial charge in [0.2, 0.25) is 0 Å². The van der Waals surface area contributed by atoms with Crippen LogP contribution in [0.25, 0.3) is 0 Å². The first-order valence-electron chi connectivity index (χ1n) is 11.2. The van der Waals surface area contributed by atoms with E-state index in [0.717, 1.165) is 30.1 Å². The van der Waals surface area contributed by atoms with Crippen LogP contribution in [0, 0.1) is 17.3 Å². The quantitative estimate of drug-likeness (QED) is 0.653. The summed E-state index contributed by atoms with van der Waals surface area (Å²) in [6.45, 7) is 7.57. The summed E-state index contributed by atoms with van der Waals surface area (Å²) in [5, 5.41) is 0. The number of ether oxygens (including phenoxy) is 1. The zero-order chi connectivity index (χ0) is 20.9. The lowest BCUT2D eigenvalue weighted by Gasteiger charge is -2.64. The first-order chi connectivity index (χ1) is 14.4. The summed E-state index contributed by atoms with van der Waals surface area (Å²) in [7, 11) is -0.329. The van der Waals surface area contributed by atoms with Gasteiger partial charge in [0, 0.05) is 5.94 Å². The van der Waals surface area contributed by atoms with Gasteiger partial charge in [-0.2, -0.15) is 0 Å². The zero-order valence-electron chi connectivity index (χ0n) is 18.6. The number of benzene rings is 2. The monoisotopic (exact) mass is 441 g/mol. The molecule has 3 aliphatic carbocycles. The molecule has 1 saturated heterocycles. The molecule has 2 N–H and O–H groups in total. The molecule has 2 bridgehead atoms. The summed E-state index contributed by atoms with van der Waals surface area (Å²) in [4.78, 5) is 0. The summed E-state index contributed by atoms with van der Waals surface area (Å²) >= 11 is 0. The molecule has 0 spiro atoms. The van der Waals surface area contributed by atoms with Crippen molar-refractivity contribution in [2.75, 3.05) is 0 Å². The van der Waals surface area contributed by atoms with Crippen molar-refractivity contribution >= 4 is 19.5 Å². The fourth-order valence-corrected chi connectivity index (χ4v) is 5.91. The van der Waals surface area contributed by atoms with Crippen LogP contribution >= 0.6 is 12.4 Å². The topological polar surface area (TPSA) is 53.7 Å². The molecular formula is C25H33BClNO3. The summed E-state index contributed by atoms with van der Waals surface area (Å²) in [5.74, 6) is 2.00. The predicted octanol–water partition coefficient (Wildman–Crippen LogP) is 4.82. The van der Waals surface area contributed by atoms with Gasteiger partial charge in [0.25, 0.3) is 0 Å². The van der Waals surface area contributed by atoms with Crippen LogP contribution in [0.4, 0.5) is 0 Å². The van der Waals surface area contributed by atoms with Crippen molar-refractivity contribution in [1.82, 2.24) is 0 Å². The highest BCUT2D eigenvalue weighted by Gasteiger charge is 2.68. The highest BCUT2D eigenvalue weighted by atomic mass is 35.5. The Morgan fingerprint density at radius 1 is 1.03 bits per heavy atom. The summed E-state index contributed by atoms with van der Waals surface area (Å²) in [6, 6.07) is 18.4. The van der Waals surface area contributed by atoms with Crippen LogP contribution in [-0.4, -0.2) is 24.8 Å². The van der Waals surface area contributed by atoms with Gasteiger partial charge in [-0.15, -0.1) is 12.4 Å². The number of nitrogens with two attached hydrogens (primary N) is 1. The maximum Gasteiger partial charge on any atom is 0.475 e. The number of hydrogen-bond donors (Lipinski definition) is 1. The zero-order valence-corrected chi connectivity index (χ0v) is 19.4. The van der Waals surface area contributed by atoms with E-state index in [1.54, 1.807) is 0 Å². The Balaban J connectivity index is 0.00000231. The first-order valence-corrected chi connectivity index (χ1v) is 11.2. The minimum absolute atomic E-state index is 0. The average molecular weight is 442 g/mol. The Labute approximate surface area is 192 Å². The van der Waals surface area contributed by atoms with Crippen molar-refractivity contribution in [3.63, 3.8) is 0 Å². The van der Waals surface area contributed by atoms with E-state index in [-0.39, 0.29) is 37.2 Å². The molecule has 0 aromatic heterocycles. The van der Waals surface area contributed by atoms with E-state index in [2.05, 4.69) is 45.0 Å². The van der Waals surface area contributed by atoms with Crippen molar-refractivity contribution in [2.24, 2.45) is 23.0 Å². The van der Waals surface area contributed by atoms with Crippen LogP contribution in [0.1, 0.15) is 44.7 Å². The number of hydrogen-bond acceptors (Lipinski definition) is 4. The Hall–Kier alpha value is -1.53. The standard InChI is InChI=1S/C25H32BNO3.ClH/c1-24(2)19-14-21(24)25(3)22(15-19)29-26(30-25)23(27)13-17-9-11-20(12-10-17)28-16-18-7-5-4-6-8-18;/h4-12,19,21-23H,13-16,27H2,1-3H3;1H/t19-,21-,22+,23-,25-;/m0./s1. The summed E-state index contributed by atoms with van der Waals surface area (Å²) < 4.78 is 18.7. The van der Waals surface area contributed by atoms with E-state index >= 15 is 0 Å². The molecule has 6 rings (SSSR count). The third-order valence-corrected chi connectivity index (χ3v) is 7.96. The largest absolute Gasteiger partial charge is 0.489 e. The molecule has 31 heavy (non-hydrogen) atoms. The van der Waals surface area contributed by atoms with Crippen molar-refractivity contribution in [2.45, 2.75) is 64.3 Å². The van der Waals surface area contributed by atoms with Gasteiger partial charge in [-0.3, -0.25) is 0 Å². The van der Waals surface area contributed by atoms with E-state index < -0.39 is 0 Å². The Kier molecular flexibility index (Phi) is 6.17. The van der Waals surface area contributed by atoms with Gasteiger partial charge in [-0.1, -0.05) is 56.3 Å². The van der Waals surface area contributed by atoms with Crippen molar-refractivity contribution in [1.29, 1.82) is 0 Å². The van der Waals surface area contributed by atoms with Crippen LogP contribution in [0.3, 0.4) is 0 Å². The normalized spacial score (nSPS) is 31.2. The molecule has 4 aliphatic rings. The van der Waals surface area contributed by atoms with Crippen LogP contribution in [-0.2, 0) is 22.3 Å². The van der Waals surface area contributed by atoms with Crippen molar-refractivity contribution in [3.05, 3.63) is 65.7 Å². The van der Waals surface area contributed by atoms with E-state index in [1.165, 1.54) is 12.0 Å². The molecule has 0 radical (unpaired) electrons. The third kappa shape index (κ3) is 4.02. The van der Waals surface area contributed by atoms with Crippen molar-refractivity contribution < 1.29 is 14.0 Å². The second-order valence-corrected chi connectivity index (χ2v) is 10.1. The molecule has 3 saturated carbocycles. The van der Waals surface area contributed by atoms with Crippen LogP contribution < -0.4 is 10.5 Å². The molecular weight excluding hydrogens is 409 g/mol. The smallest absolute Gasteiger partial charge is 0.475 e. The molecule has 2 aromatic rings. The molecule has 0 unspecified atom stereocenters. The lowest BCUT2D eigenvalue weighted by Crippen LogP contribution is -2.65. The molecule has 6 heteroatoms. The number of halogens is 1. The minimum atomic E-state index is -0.329. The third-order valence-electron chi connectivity index (χ3n) is 7.96.